The fourth-order valence-corrected chi connectivity index (χ4v) is 9.76. The normalized spacial score (nSPS) is 32.3. The minimum Gasteiger partial charge on any atom is -0.408 e. The number of fused-ring (bicyclic) bond motifs is 3. The average Bonchev–Trinajstić information content (AvgIpc) is 3.27. The van der Waals surface area contributed by atoms with Crippen molar-refractivity contribution in [2.24, 2.45) is 0 Å². The second-order valence-corrected chi connectivity index (χ2v) is 18.0. The van der Waals surface area contributed by atoms with Crippen LogP contribution in [-0.2, 0) is 28.1 Å². The third-order valence-corrected chi connectivity index (χ3v) is 10.0. The number of rotatable bonds is 6. The fourth-order valence-electron chi connectivity index (χ4n) is 5.12. The molecule has 190 valence electrons. The van der Waals surface area contributed by atoms with Crippen LogP contribution in [0.1, 0.15) is 27.7 Å². The van der Waals surface area contributed by atoms with Gasteiger partial charge in [-0.05, 0) is 65.9 Å². The molecule has 8 heteroatoms. The van der Waals surface area contributed by atoms with Gasteiger partial charge >= 0.3 is 0 Å². The lowest BCUT2D eigenvalue weighted by molar-refractivity contribution is -0.242. The summed E-state index contributed by atoms with van der Waals surface area (Å²) in [5.41, 5.74) is 0. The van der Waals surface area contributed by atoms with Gasteiger partial charge in [-0.25, -0.2) is 0 Å². The number of hydrogen-bond donors (Lipinski definition) is 0. The van der Waals surface area contributed by atoms with Gasteiger partial charge in [-0.15, -0.1) is 0 Å². The Labute approximate surface area is 211 Å². The molecule has 3 aliphatic heterocycles. The van der Waals surface area contributed by atoms with Gasteiger partial charge in [0.1, 0.15) is 30.3 Å². The first kappa shape index (κ1) is 25.5. The van der Waals surface area contributed by atoms with Gasteiger partial charge in [-0.3, -0.25) is 0 Å². The Bertz CT molecular complexity index is 972. The summed E-state index contributed by atoms with van der Waals surface area (Å²) in [6.07, 6.45) is -1.96. The van der Waals surface area contributed by atoms with Gasteiger partial charge in [0.15, 0.2) is 26.2 Å². The molecular formula is C27H37O6PSi. The maximum absolute atomic E-state index is 7.04. The summed E-state index contributed by atoms with van der Waals surface area (Å²) < 4.78 is 39.2. The SMILES string of the molecule is CC1(C)O[C@H]2OC([C@@H](O[Si](C)(C)C)P(c3ccccc3)c3ccccc3)[C@H]3OC(C)(C)O[C@H]3[C@H]2O1. The van der Waals surface area contributed by atoms with Crippen molar-refractivity contribution in [2.75, 3.05) is 0 Å². The summed E-state index contributed by atoms with van der Waals surface area (Å²) in [5.74, 6) is -1.77. The van der Waals surface area contributed by atoms with E-state index < -0.39 is 40.2 Å². The van der Waals surface area contributed by atoms with Crippen LogP contribution < -0.4 is 10.6 Å². The van der Waals surface area contributed by atoms with Crippen molar-refractivity contribution < 1.29 is 28.1 Å². The molecule has 0 aromatic heterocycles. The molecule has 0 aliphatic carbocycles. The van der Waals surface area contributed by atoms with Crippen molar-refractivity contribution in [3.05, 3.63) is 60.7 Å². The van der Waals surface area contributed by atoms with E-state index in [9.17, 15) is 0 Å². The average molecular weight is 517 g/mol. The Hall–Kier alpha value is -1.15. The summed E-state index contributed by atoms with van der Waals surface area (Å²) in [5, 5.41) is 2.47. The van der Waals surface area contributed by atoms with Crippen molar-refractivity contribution in [3.8, 4) is 0 Å². The van der Waals surface area contributed by atoms with E-state index in [0.717, 1.165) is 0 Å². The molecule has 3 fully saturated rings. The van der Waals surface area contributed by atoms with E-state index in [1.165, 1.54) is 10.6 Å². The van der Waals surface area contributed by atoms with Crippen LogP contribution in [0.2, 0.25) is 19.6 Å². The molecule has 3 heterocycles. The molecule has 35 heavy (non-hydrogen) atoms. The zero-order valence-corrected chi connectivity index (χ0v) is 23.5. The van der Waals surface area contributed by atoms with Crippen LogP contribution in [0.5, 0.6) is 0 Å². The predicted molar refractivity (Wildman–Crippen MR) is 140 cm³/mol. The molecule has 0 radical (unpaired) electrons. The third kappa shape index (κ3) is 5.43. The van der Waals surface area contributed by atoms with Gasteiger partial charge in [0.25, 0.3) is 0 Å². The molecule has 5 rings (SSSR count). The summed E-state index contributed by atoms with van der Waals surface area (Å²) in [6.45, 7) is 14.4. The summed E-state index contributed by atoms with van der Waals surface area (Å²) in [7, 11) is -2.95. The van der Waals surface area contributed by atoms with Crippen LogP contribution in [0.25, 0.3) is 0 Å². The first-order valence-electron chi connectivity index (χ1n) is 12.4. The molecule has 0 spiro atoms. The fraction of sp³-hybridized carbons (Fsp3) is 0.556. The van der Waals surface area contributed by atoms with Crippen LogP contribution in [0.15, 0.2) is 60.7 Å². The summed E-state index contributed by atoms with van der Waals surface area (Å²) in [6, 6.07) is 21.2. The quantitative estimate of drug-likeness (QED) is 0.410. The van der Waals surface area contributed by atoms with E-state index in [-0.39, 0.29) is 24.2 Å². The zero-order chi connectivity index (χ0) is 25.0. The highest BCUT2D eigenvalue weighted by atomic mass is 31.1. The molecule has 3 aliphatic rings. The second kappa shape index (κ2) is 9.30. The Morgan fingerprint density at radius 2 is 1.20 bits per heavy atom. The minimum atomic E-state index is -2.01. The van der Waals surface area contributed by atoms with E-state index in [1.807, 2.05) is 27.7 Å². The van der Waals surface area contributed by atoms with E-state index in [4.69, 9.17) is 28.1 Å². The summed E-state index contributed by atoms with van der Waals surface area (Å²) >= 11 is 0. The van der Waals surface area contributed by atoms with Crippen LogP contribution in [0, 0.1) is 0 Å². The lowest BCUT2D eigenvalue weighted by Gasteiger charge is -2.45. The van der Waals surface area contributed by atoms with Crippen LogP contribution >= 0.6 is 7.92 Å². The molecule has 0 amide bonds. The highest BCUT2D eigenvalue weighted by molar-refractivity contribution is 7.73. The Morgan fingerprint density at radius 3 is 1.74 bits per heavy atom. The minimum absolute atomic E-state index is 0.250. The van der Waals surface area contributed by atoms with Gasteiger partial charge in [-0.1, -0.05) is 60.7 Å². The number of hydrogen-bond acceptors (Lipinski definition) is 6. The van der Waals surface area contributed by atoms with Gasteiger partial charge in [-0.2, -0.15) is 0 Å². The predicted octanol–water partition coefficient (Wildman–Crippen LogP) is 4.69. The van der Waals surface area contributed by atoms with E-state index in [0.29, 0.717) is 0 Å². The van der Waals surface area contributed by atoms with Crippen LogP contribution in [0.4, 0.5) is 0 Å². The Kier molecular flexibility index (Phi) is 6.78. The van der Waals surface area contributed by atoms with Crippen molar-refractivity contribution in [1.29, 1.82) is 0 Å². The van der Waals surface area contributed by atoms with Gasteiger partial charge in [0, 0.05) is 0 Å². The number of benzene rings is 2. The molecule has 2 aromatic carbocycles. The van der Waals surface area contributed by atoms with E-state index in [1.54, 1.807) is 0 Å². The largest absolute Gasteiger partial charge is 0.408 e. The third-order valence-electron chi connectivity index (χ3n) is 6.27. The van der Waals surface area contributed by atoms with Crippen molar-refractivity contribution >= 4 is 26.8 Å². The number of ether oxygens (including phenoxy) is 5. The second-order valence-electron chi connectivity index (χ2n) is 11.3. The molecule has 0 bridgehead atoms. The first-order valence-corrected chi connectivity index (χ1v) is 17.2. The molecule has 0 saturated carbocycles. The van der Waals surface area contributed by atoms with Crippen molar-refractivity contribution in [3.63, 3.8) is 0 Å². The van der Waals surface area contributed by atoms with Crippen molar-refractivity contribution in [2.45, 2.75) is 95.5 Å². The molecule has 1 unspecified atom stereocenters. The maximum Gasteiger partial charge on any atom is 0.190 e. The van der Waals surface area contributed by atoms with Crippen molar-refractivity contribution in [1.82, 2.24) is 0 Å². The molecule has 6 nitrogen and oxygen atoms in total. The first-order chi connectivity index (χ1) is 16.4. The smallest absolute Gasteiger partial charge is 0.190 e. The van der Waals surface area contributed by atoms with Crippen LogP contribution in [-0.4, -0.2) is 56.4 Å². The van der Waals surface area contributed by atoms with Gasteiger partial charge in [0.2, 0.25) is 0 Å². The standard InChI is InChI=1S/C27H37O6PSi/c1-26(2)29-20-21(30-26)23(28-24-22(20)31-27(3,4)32-24)25(33-35(5,6)7)34(18-14-10-8-11-15-18)19-16-12-9-13-17-19/h8-17,20-25H,1-7H3/t20-,21+,22-,23?,24-,25+/m1/s1. The molecule has 0 N–H and O–H groups in total. The zero-order valence-electron chi connectivity index (χ0n) is 21.6. The topological polar surface area (TPSA) is 55.4 Å². The van der Waals surface area contributed by atoms with Gasteiger partial charge < -0.3 is 28.1 Å². The van der Waals surface area contributed by atoms with Crippen LogP contribution in [0.3, 0.4) is 0 Å². The maximum atomic E-state index is 7.04. The molecule has 2 aromatic rings. The molecule has 3 saturated heterocycles. The van der Waals surface area contributed by atoms with Gasteiger partial charge in [0.05, 0.1) is 0 Å². The lowest BCUT2D eigenvalue weighted by Crippen LogP contribution is -2.60. The summed E-state index contributed by atoms with van der Waals surface area (Å²) in [4.78, 5) is 0. The Balaban J connectivity index is 1.61. The highest BCUT2D eigenvalue weighted by Crippen LogP contribution is 2.51. The lowest BCUT2D eigenvalue weighted by atomic mass is 9.99. The monoisotopic (exact) mass is 516 g/mol. The Morgan fingerprint density at radius 1 is 0.714 bits per heavy atom. The highest BCUT2D eigenvalue weighted by Gasteiger charge is 2.63. The van der Waals surface area contributed by atoms with E-state index in [2.05, 4.69) is 80.3 Å². The molecule has 6 atom stereocenters. The molecular weight excluding hydrogens is 479 g/mol. The van der Waals surface area contributed by atoms with E-state index >= 15 is 0 Å².